The monoisotopic (exact) mass is 231 g/mol. The molecule has 1 aromatic rings. The van der Waals surface area contributed by atoms with Crippen LogP contribution >= 0.6 is 0 Å². The van der Waals surface area contributed by atoms with Gasteiger partial charge in [0.25, 0.3) is 0 Å². The molecule has 0 aliphatic carbocycles. The SMILES string of the molecule is CC(C#N)COc1cccc2c1OC(C)(C)C2. The molecule has 0 aromatic heterocycles. The summed E-state index contributed by atoms with van der Waals surface area (Å²) in [4.78, 5) is 0. The summed E-state index contributed by atoms with van der Waals surface area (Å²) in [6.45, 7) is 6.37. The topological polar surface area (TPSA) is 42.2 Å². The summed E-state index contributed by atoms with van der Waals surface area (Å²) in [6, 6.07) is 8.07. The average Bonchev–Trinajstić information content (AvgIpc) is 2.60. The summed E-state index contributed by atoms with van der Waals surface area (Å²) in [5.74, 6) is 1.47. The second-order valence-corrected chi connectivity index (χ2v) is 5.12. The van der Waals surface area contributed by atoms with Crippen molar-refractivity contribution in [2.75, 3.05) is 6.61 Å². The van der Waals surface area contributed by atoms with E-state index in [-0.39, 0.29) is 11.5 Å². The molecule has 1 aromatic carbocycles. The Hall–Kier alpha value is -1.69. The van der Waals surface area contributed by atoms with Crippen molar-refractivity contribution in [2.45, 2.75) is 32.8 Å². The first kappa shape index (κ1) is 11.8. The van der Waals surface area contributed by atoms with Crippen molar-refractivity contribution in [2.24, 2.45) is 5.92 Å². The van der Waals surface area contributed by atoms with Crippen LogP contribution in [0.5, 0.6) is 11.5 Å². The highest BCUT2D eigenvalue weighted by Crippen LogP contribution is 2.41. The van der Waals surface area contributed by atoms with E-state index in [0.29, 0.717) is 6.61 Å². The molecular formula is C14H17NO2. The molecule has 3 nitrogen and oxygen atoms in total. The van der Waals surface area contributed by atoms with E-state index < -0.39 is 0 Å². The first-order valence-electron chi connectivity index (χ1n) is 5.85. The molecule has 1 atom stereocenters. The molecule has 1 unspecified atom stereocenters. The predicted molar refractivity (Wildman–Crippen MR) is 65.1 cm³/mol. The number of ether oxygens (including phenoxy) is 2. The Morgan fingerprint density at radius 1 is 1.53 bits per heavy atom. The van der Waals surface area contributed by atoms with Gasteiger partial charge in [0, 0.05) is 12.0 Å². The molecule has 1 aliphatic heterocycles. The Bertz CT molecular complexity index is 460. The summed E-state index contributed by atoms with van der Waals surface area (Å²) >= 11 is 0. The number of nitrogens with zero attached hydrogens (tertiary/aromatic N) is 1. The molecular weight excluding hydrogens is 214 g/mol. The minimum Gasteiger partial charge on any atom is -0.488 e. The summed E-state index contributed by atoms with van der Waals surface area (Å²) < 4.78 is 11.5. The summed E-state index contributed by atoms with van der Waals surface area (Å²) in [6.07, 6.45) is 0.896. The molecule has 2 rings (SSSR count). The quantitative estimate of drug-likeness (QED) is 0.803. The molecule has 1 heterocycles. The van der Waals surface area contributed by atoms with Gasteiger partial charge in [0.2, 0.25) is 0 Å². The molecule has 90 valence electrons. The minimum atomic E-state index is -0.164. The molecule has 0 bridgehead atoms. The summed E-state index contributed by atoms with van der Waals surface area (Å²) in [5.41, 5.74) is 1.01. The smallest absolute Gasteiger partial charge is 0.165 e. The van der Waals surface area contributed by atoms with Crippen LogP contribution in [-0.2, 0) is 6.42 Å². The minimum absolute atomic E-state index is 0.111. The van der Waals surface area contributed by atoms with E-state index in [4.69, 9.17) is 14.7 Å². The van der Waals surface area contributed by atoms with Crippen LogP contribution in [0, 0.1) is 17.2 Å². The fraction of sp³-hybridized carbons (Fsp3) is 0.500. The van der Waals surface area contributed by atoms with Crippen molar-refractivity contribution < 1.29 is 9.47 Å². The number of hydrogen-bond donors (Lipinski definition) is 0. The number of hydrogen-bond acceptors (Lipinski definition) is 3. The zero-order valence-electron chi connectivity index (χ0n) is 10.5. The average molecular weight is 231 g/mol. The van der Waals surface area contributed by atoms with Gasteiger partial charge in [-0.15, -0.1) is 0 Å². The van der Waals surface area contributed by atoms with Crippen LogP contribution in [0.25, 0.3) is 0 Å². The summed E-state index contributed by atoms with van der Waals surface area (Å²) in [7, 11) is 0. The molecule has 0 saturated carbocycles. The normalized spacial score (nSPS) is 17.8. The van der Waals surface area contributed by atoms with Gasteiger partial charge >= 0.3 is 0 Å². The third kappa shape index (κ3) is 2.52. The van der Waals surface area contributed by atoms with Crippen LogP contribution in [0.15, 0.2) is 18.2 Å². The van der Waals surface area contributed by atoms with Gasteiger partial charge in [-0.3, -0.25) is 0 Å². The van der Waals surface area contributed by atoms with Crippen molar-refractivity contribution in [3.8, 4) is 17.6 Å². The lowest BCUT2D eigenvalue weighted by atomic mass is 10.0. The molecule has 0 spiro atoms. The molecule has 0 fully saturated rings. The Labute approximate surface area is 102 Å². The summed E-state index contributed by atoms with van der Waals surface area (Å²) in [5, 5.41) is 8.73. The largest absolute Gasteiger partial charge is 0.488 e. The molecule has 0 radical (unpaired) electrons. The zero-order valence-corrected chi connectivity index (χ0v) is 10.5. The van der Waals surface area contributed by atoms with Gasteiger partial charge < -0.3 is 9.47 Å². The second kappa shape index (κ2) is 4.29. The van der Waals surface area contributed by atoms with Crippen molar-refractivity contribution in [1.82, 2.24) is 0 Å². The maximum atomic E-state index is 8.73. The molecule has 1 aliphatic rings. The van der Waals surface area contributed by atoms with Crippen molar-refractivity contribution >= 4 is 0 Å². The number of benzene rings is 1. The molecule has 0 N–H and O–H groups in total. The van der Waals surface area contributed by atoms with Gasteiger partial charge in [0.1, 0.15) is 12.2 Å². The van der Waals surface area contributed by atoms with E-state index >= 15 is 0 Å². The van der Waals surface area contributed by atoms with Crippen molar-refractivity contribution in [1.29, 1.82) is 5.26 Å². The molecule has 0 saturated heterocycles. The highest BCUT2D eigenvalue weighted by Gasteiger charge is 2.32. The van der Waals surface area contributed by atoms with E-state index in [1.807, 2.05) is 19.1 Å². The third-order valence-electron chi connectivity index (χ3n) is 2.76. The third-order valence-corrected chi connectivity index (χ3v) is 2.76. The number of rotatable bonds is 3. The Kier molecular flexibility index (Phi) is 2.97. The Morgan fingerprint density at radius 3 is 3.00 bits per heavy atom. The van der Waals surface area contributed by atoms with Gasteiger partial charge in [-0.05, 0) is 26.8 Å². The lowest BCUT2D eigenvalue weighted by Gasteiger charge is -2.18. The van der Waals surface area contributed by atoms with Crippen molar-refractivity contribution in [3.05, 3.63) is 23.8 Å². The van der Waals surface area contributed by atoms with Gasteiger partial charge in [0.15, 0.2) is 11.5 Å². The van der Waals surface area contributed by atoms with Crippen LogP contribution in [0.4, 0.5) is 0 Å². The van der Waals surface area contributed by atoms with Gasteiger partial charge in [-0.2, -0.15) is 5.26 Å². The number of fused-ring (bicyclic) bond motifs is 1. The molecule has 17 heavy (non-hydrogen) atoms. The fourth-order valence-corrected chi connectivity index (χ4v) is 1.95. The Morgan fingerprint density at radius 2 is 2.29 bits per heavy atom. The first-order valence-corrected chi connectivity index (χ1v) is 5.85. The van der Waals surface area contributed by atoms with E-state index in [1.54, 1.807) is 0 Å². The van der Waals surface area contributed by atoms with E-state index in [0.717, 1.165) is 17.9 Å². The van der Waals surface area contributed by atoms with Gasteiger partial charge in [-0.25, -0.2) is 0 Å². The maximum Gasteiger partial charge on any atom is 0.165 e. The maximum absolute atomic E-state index is 8.73. The van der Waals surface area contributed by atoms with Crippen LogP contribution < -0.4 is 9.47 Å². The number of nitriles is 1. The first-order chi connectivity index (χ1) is 8.02. The number of para-hydroxylation sites is 1. The van der Waals surface area contributed by atoms with Crippen LogP contribution in [0.1, 0.15) is 26.3 Å². The van der Waals surface area contributed by atoms with Gasteiger partial charge in [-0.1, -0.05) is 12.1 Å². The molecule has 3 heteroatoms. The Balaban J connectivity index is 2.16. The van der Waals surface area contributed by atoms with Crippen LogP contribution in [0.2, 0.25) is 0 Å². The van der Waals surface area contributed by atoms with E-state index in [1.165, 1.54) is 5.56 Å². The second-order valence-electron chi connectivity index (χ2n) is 5.12. The predicted octanol–water partition coefficient (Wildman–Crippen LogP) is 2.94. The lowest BCUT2D eigenvalue weighted by molar-refractivity contribution is 0.131. The molecule has 0 amide bonds. The van der Waals surface area contributed by atoms with Crippen LogP contribution in [0.3, 0.4) is 0 Å². The van der Waals surface area contributed by atoms with E-state index in [9.17, 15) is 0 Å². The fourth-order valence-electron chi connectivity index (χ4n) is 1.95. The van der Waals surface area contributed by atoms with E-state index in [2.05, 4.69) is 26.0 Å². The van der Waals surface area contributed by atoms with Crippen LogP contribution in [-0.4, -0.2) is 12.2 Å². The van der Waals surface area contributed by atoms with Gasteiger partial charge in [0.05, 0.1) is 12.0 Å². The zero-order chi connectivity index (χ0) is 12.5. The lowest BCUT2D eigenvalue weighted by Crippen LogP contribution is -2.24. The van der Waals surface area contributed by atoms with Crippen molar-refractivity contribution in [3.63, 3.8) is 0 Å². The highest BCUT2D eigenvalue weighted by molar-refractivity contribution is 5.50. The highest BCUT2D eigenvalue weighted by atomic mass is 16.5. The standard InChI is InChI=1S/C14H17NO2/c1-10(8-15)9-16-12-6-4-5-11-7-14(2,3)17-13(11)12/h4-6,10H,7,9H2,1-3H3.